The molecular formula is C16H20N2O. The van der Waals surface area contributed by atoms with Gasteiger partial charge in [-0.2, -0.15) is 0 Å². The molecule has 0 radical (unpaired) electrons. The second-order valence-electron chi connectivity index (χ2n) is 5.04. The Labute approximate surface area is 114 Å². The minimum atomic E-state index is 0.468. The maximum absolute atomic E-state index is 5.73. The van der Waals surface area contributed by atoms with Gasteiger partial charge in [0.15, 0.2) is 0 Å². The number of hydrogen-bond donors (Lipinski definition) is 1. The summed E-state index contributed by atoms with van der Waals surface area (Å²) in [4.78, 5) is 0. The summed E-state index contributed by atoms with van der Waals surface area (Å²) in [6, 6.07) is 10.5. The maximum atomic E-state index is 5.73. The van der Waals surface area contributed by atoms with Crippen molar-refractivity contribution in [1.29, 1.82) is 0 Å². The van der Waals surface area contributed by atoms with Gasteiger partial charge < -0.3 is 14.6 Å². The van der Waals surface area contributed by atoms with Crippen LogP contribution >= 0.6 is 0 Å². The highest BCUT2D eigenvalue weighted by Gasteiger charge is 2.23. The van der Waals surface area contributed by atoms with Gasteiger partial charge in [0.05, 0.1) is 6.61 Å². The molecule has 1 aromatic carbocycles. The molecule has 1 aromatic heterocycles. The molecule has 0 spiro atoms. The molecule has 3 nitrogen and oxygen atoms in total. The van der Waals surface area contributed by atoms with Crippen LogP contribution in [0, 0.1) is 0 Å². The zero-order valence-electron chi connectivity index (χ0n) is 11.3. The molecule has 2 aromatic rings. The lowest BCUT2D eigenvalue weighted by Crippen LogP contribution is -2.11. The van der Waals surface area contributed by atoms with E-state index in [1.54, 1.807) is 0 Å². The maximum Gasteiger partial charge on any atom is 0.122 e. The molecule has 1 unspecified atom stereocenters. The molecule has 3 rings (SSSR count). The van der Waals surface area contributed by atoms with Crippen molar-refractivity contribution in [2.75, 3.05) is 13.2 Å². The molecule has 0 saturated heterocycles. The van der Waals surface area contributed by atoms with E-state index in [1.165, 1.54) is 11.1 Å². The monoisotopic (exact) mass is 256 g/mol. The van der Waals surface area contributed by atoms with Gasteiger partial charge in [-0.05, 0) is 24.2 Å². The van der Waals surface area contributed by atoms with E-state index in [0.29, 0.717) is 5.92 Å². The van der Waals surface area contributed by atoms with E-state index in [-0.39, 0.29) is 0 Å². The summed E-state index contributed by atoms with van der Waals surface area (Å²) in [6.07, 6.45) is 4.39. The van der Waals surface area contributed by atoms with Crippen LogP contribution in [0.15, 0.2) is 42.7 Å². The summed E-state index contributed by atoms with van der Waals surface area (Å²) in [7, 11) is 0. The number of nitrogens with zero attached hydrogens (tertiary/aromatic N) is 1. The van der Waals surface area contributed by atoms with E-state index < -0.39 is 0 Å². The largest absolute Gasteiger partial charge is 0.493 e. The van der Waals surface area contributed by atoms with Crippen LogP contribution in [0.2, 0.25) is 0 Å². The van der Waals surface area contributed by atoms with E-state index >= 15 is 0 Å². The summed E-state index contributed by atoms with van der Waals surface area (Å²) in [5.41, 5.74) is 2.68. The second kappa shape index (κ2) is 5.49. The second-order valence-corrected chi connectivity index (χ2v) is 5.04. The van der Waals surface area contributed by atoms with Crippen LogP contribution in [0.4, 0.5) is 0 Å². The molecule has 1 N–H and O–H groups in total. The van der Waals surface area contributed by atoms with Crippen molar-refractivity contribution in [3.63, 3.8) is 0 Å². The van der Waals surface area contributed by atoms with Crippen LogP contribution in [0.3, 0.4) is 0 Å². The van der Waals surface area contributed by atoms with E-state index in [9.17, 15) is 0 Å². The normalized spacial score (nSPS) is 17.2. The summed E-state index contributed by atoms with van der Waals surface area (Å²) < 4.78 is 8.00. The summed E-state index contributed by atoms with van der Waals surface area (Å²) >= 11 is 0. The zero-order chi connectivity index (χ0) is 13.1. The molecule has 0 saturated carbocycles. The molecule has 100 valence electrons. The molecule has 0 bridgehead atoms. The fourth-order valence-electron chi connectivity index (χ4n) is 2.61. The first kappa shape index (κ1) is 12.3. The number of ether oxygens (including phenoxy) is 1. The Morgan fingerprint density at radius 1 is 1.32 bits per heavy atom. The van der Waals surface area contributed by atoms with Crippen molar-refractivity contribution in [2.24, 2.45) is 0 Å². The Balaban J connectivity index is 1.68. The van der Waals surface area contributed by atoms with Crippen molar-refractivity contribution in [1.82, 2.24) is 9.88 Å². The van der Waals surface area contributed by atoms with Gasteiger partial charge in [0.1, 0.15) is 5.75 Å². The minimum absolute atomic E-state index is 0.468. The topological polar surface area (TPSA) is 26.2 Å². The van der Waals surface area contributed by atoms with E-state index in [0.717, 1.165) is 32.0 Å². The van der Waals surface area contributed by atoms with Crippen molar-refractivity contribution in [2.45, 2.75) is 25.9 Å². The van der Waals surface area contributed by atoms with Gasteiger partial charge in [0.25, 0.3) is 0 Å². The average Bonchev–Trinajstić information content (AvgIpc) is 3.05. The van der Waals surface area contributed by atoms with Gasteiger partial charge in [-0.15, -0.1) is 0 Å². The van der Waals surface area contributed by atoms with E-state index in [4.69, 9.17) is 4.74 Å². The summed E-state index contributed by atoms with van der Waals surface area (Å²) in [5, 5.41) is 3.35. The molecule has 1 aliphatic rings. The first-order valence-corrected chi connectivity index (χ1v) is 6.94. The number of aromatic nitrogens is 1. The van der Waals surface area contributed by atoms with Crippen molar-refractivity contribution in [3.05, 3.63) is 53.9 Å². The van der Waals surface area contributed by atoms with Gasteiger partial charge in [0, 0.05) is 37.0 Å². The summed E-state index contributed by atoms with van der Waals surface area (Å²) in [6.45, 7) is 5.86. The average molecular weight is 256 g/mol. The van der Waals surface area contributed by atoms with Crippen molar-refractivity contribution >= 4 is 0 Å². The van der Waals surface area contributed by atoms with E-state index in [2.05, 4.69) is 53.5 Å². The Hall–Kier alpha value is -1.74. The van der Waals surface area contributed by atoms with Gasteiger partial charge in [-0.25, -0.2) is 0 Å². The number of rotatable bonds is 5. The SMILES string of the molecule is CCNCc1ccn(CC2COc3ccccc32)c1. The Kier molecular flexibility index (Phi) is 3.56. The highest BCUT2D eigenvalue weighted by molar-refractivity contribution is 5.39. The third-order valence-corrected chi connectivity index (χ3v) is 3.62. The lowest BCUT2D eigenvalue weighted by Gasteiger charge is -2.09. The number of benzene rings is 1. The van der Waals surface area contributed by atoms with Gasteiger partial charge in [0.2, 0.25) is 0 Å². The highest BCUT2D eigenvalue weighted by atomic mass is 16.5. The third kappa shape index (κ3) is 2.66. The van der Waals surface area contributed by atoms with Crippen LogP contribution in [-0.4, -0.2) is 17.7 Å². The fourth-order valence-corrected chi connectivity index (χ4v) is 2.61. The molecule has 0 fully saturated rings. The Morgan fingerprint density at radius 3 is 3.11 bits per heavy atom. The van der Waals surface area contributed by atoms with Crippen molar-refractivity contribution < 1.29 is 4.74 Å². The van der Waals surface area contributed by atoms with Crippen LogP contribution in [-0.2, 0) is 13.1 Å². The van der Waals surface area contributed by atoms with E-state index in [1.807, 2.05) is 6.07 Å². The van der Waals surface area contributed by atoms with Crippen LogP contribution in [0.5, 0.6) is 5.75 Å². The standard InChI is InChI=1S/C16H20N2O/c1-2-17-9-13-7-8-18(10-13)11-14-12-19-16-6-4-3-5-15(14)16/h3-8,10,14,17H,2,9,11-12H2,1H3. The first-order chi connectivity index (χ1) is 9.36. The molecule has 0 aliphatic carbocycles. The van der Waals surface area contributed by atoms with Crippen LogP contribution in [0.1, 0.15) is 24.0 Å². The molecule has 1 atom stereocenters. The molecule has 2 heterocycles. The van der Waals surface area contributed by atoms with Crippen LogP contribution in [0.25, 0.3) is 0 Å². The van der Waals surface area contributed by atoms with Gasteiger partial charge >= 0.3 is 0 Å². The molecular weight excluding hydrogens is 236 g/mol. The predicted octanol–water partition coefficient (Wildman–Crippen LogP) is 2.77. The molecule has 3 heteroatoms. The molecule has 0 amide bonds. The fraction of sp³-hybridized carbons (Fsp3) is 0.375. The zero-order valence-corrected chi connectivity index (χ0v) is 11.3. The predicted molar refractivity (Wildman–Crippen MR) is 76.5 cm³/mol. The van der Waals surface area contributed by atoms with Gasteiger partial charge in [-0.3, -0.25) is 0 Å². The van der Waals surface area contributed by atoms with Crippen molar-refractivity contribution in [3.8, 4) is 5.75 Å². The number of hydrogen-bond acceptors (Lipinski definition) is 2. The lowest BCUT2D eigenvalue weighted by atomic mass is 10.0. The van der Waals surface area contributed by atoms with Gasteiger partial charge in [-0.1, -0.05) is 25.1 Å². The Morgan fingerprint density at radius 2 is 2.21 bits per heavy atom. The summed E-state index contributed by atoms with van der Waals surface area (Å²) in [5.74, 6) is 1.52. The number of para-hydroxylation sites is 1. The molecule has 1 aliphatic heterocycles. The third-order valence-electron chi connectivity index (χ3n) is 3.62. The minimum Gasteiger partial charge on any atom is -0.493 e. The lowest BCUT2D eigenvalue weighted by molar-refractivity contribution is 0.319. The smallest absolute Gasteiger partial charge is 0.122 e. The van der Waals surface area contributed by atoms with Crippen LogP contribution < -0.4 is 10.1 Å². The number of nitrogens with one attached hydrogen (secondary N) is 1. The number of fused-ring (bicyclic) bond motifs is 1. The quantitative estimate of drug-likeness (QED) is 0.890. The molecule has 19 heavy (non-hydrogen) atoms. The first-order valence-electron chi connectivity index (χ1n) is 6.94. The highest BCUT2D eigenvalue weighted by Crippen LogP contribution is 2.34. The Bertz CT molecular complexity index is 547.